The number of nitrogens with zero attached hydrogens (tertiary/aromatic N) is 2. The molecule has 0 amide bonds. The van der Waals surface area contributed by atoms with E-state index in [1.165, 1.54) is 11.3 Å². The molecule has 2 aromatic rings. The molecule has 0 aliphatic heterocycles. The Kier molecular flexibility index (Phi) is 3.55. The molecule has 2 heterocycles. The molecular formula is C9H11N3O3S2. The van der Waals surface area contributed by atoms with E-state index in [0.717, 1.165) is 11.1 Å². The zero-order chi connectivity index (χ0) is 12.3. The largest absolute Gasteiger partial charge is 0.339 e. The second-order valence-electron chi connectivity index (χ2n) is 3.41. The van der Waals surface area contributed by atoms with Gasteiger partial charge < -0.3 is 4.52 Å². The van der Waals surface area contributed by atoms with Crippen LogP contribution in [0.1, 0.15) is 5.89 Å². The van der Waals surface area contributed by atoms with E-state index >= 15 is 0 Å². The first-order chi connectivity index (χ1) is 8.04. The van der Waals surface area contributed by atoms with Crippen LogP contribution in [0.4, 0.5) is 0 Å². The lowest BCUT2D eigenvalue weighted by molar-refractivity contribution is 0.379. The van der Waals surface area contributed by atoms with Gasteiger partial charge in [-0.1, -0.05) is 11.2 Å². The summed E-state index contributed by atoms with van der Waals surface area (Å²) in [4.78, 5) is 5.10. The lowest BCUT2D eigenvalue weighted by Gasteiger charge is -1.97. The molecule has 92 valence electrons. The SMILES string of the molecule is CS(=O)(=O)NCCc1nc(-c2cccs2)no1. The third-order valence-corrected chi connectivity index (χ3v) is 3.51. The zero-order valence-corrected chi connectivity index (χ0v) is 10.7. The summed E-state index contributed by atoms with van der Waals surface area (Å²) in [5, 5.41) is 5.75. The van der Waals surface area contributed by atoms with Crippen molar-refractivity contribution in [1.29, 1.82) is 0 Å². The fourth-order valence-corrected chi connectivity index (χ4v) is 2.33. The standard InChI is InChI=1S/C9H11N3O3S2/c1-17(13,14)10-5-4-8-11-9(12-15-8)7-3-2-6-16-7/h2-3,6,10H,4-5H2,1H3. The molecule has 0 fully saturated rings. The first kappa shape index (κ1) is 12.2. The Balaban J connectivity index is 1.95. The number of hydrogen-bond donors (Lipinski definition) is 1. The van der Waals surface area contributed by atoms with E-state index in [-0.39, 0.29) is 6.54 Å². The van der Waals surface area contributed by atoms with Gasteiger partial charge in [0.25, 0.3) is 0 Å². The van der Waals surface area contributed by atoms with Gasteiger partial charge in [0, 0.05) is 13.0 Å². The Morgan fingerprint density at radius 2 is 2.35 bits per heavy atom. The molecule has 0 saturated heterocycles. The highest BCUT2D eigenvalue weighted by Crippen LogP contribution is 2.21. The normalized spacial score (nSPS) is 11.8. The lowest BCUT2D eigenvalue weighted by atomic mass is 10.4. The van der Waals surface area contributed by atoms with Crippen LogP contribution in [0, 0.1) is 0 Å². The van der Waals surface area contributed by atoms with Gasteiger partial charge in [0.2, 0.25) is 21.7 Å². The first-order valence-corrected chi connectivity index (χ1v) is 7.63. The van der Waals surface area contributed by atoms with Crippen LogP contribution >= 0.6 is 11.3 Å². The van der Waals surface area contributed by atoms with E-state index in [0.29, 0.717) is 18.1 Å². The molecular weight excluding hydrogens is 262 g/mol. The molecule has 6 nitrogen and oxygen atoms in total. The maximum atomic E-state index is 10.8. The molecule has 0 radical (unpaired) electrons. The molecule has 0 saturated carbocycles. The van der Waals surface area contributed by atoms with Crippen LogP contribution in [0.15, 0.2) is 22.0 Å². The highest BCUT2D eigenvalue weighted by Gasteiger charge is 2.09. The molecule has 0 aliphatic carbocycles. The van der Waals surface area contributed by atoms with Gasteiger partial charge in [0.1, 0.15) is 0 Å². The van der Waals surface area contributed by atoms with Crippen molar-refractivity contribution in [2.24, 2.45) is 0 Å². The minimum absolute atomic E-state index is 0.255. The lowest BCUT2D eigenvalue weighted by Crippen LogP contribution is -2.24. The molecule has 1 N–H and O–H groups in total. The first-order valence-electron chi connectivity index (χ1n) is 4.86. The summed E-state index contributed by atoms with van der Waals surface area (Å²) in [7, 11) is -3.17. The summed E-state index contributed by atoms with van der Waals surface area (Å²) in [5.74, 6) is 0.957. The van der Waals surface area contributed by atoms with E-state index in [4.69, 9.17) is 4.52 Å². The van der Waals surface area contributed by atoms with Gasteiger partial charge in [-0.15, -0.1) is 11.3 Å². The quantitative estimate of drug-likeness (QED) is 0.874. The number of sulfonamides is 1. The minimum Gasteiger partial charge on any atom is -0.339 e. The molecule has 0 aliphatic rings. The third kappa shape index (κ3) is 3.62. The van der Waals surface area contributed by atoms with Crippen LogP contribution in [0.3, 0.4) is 0 Å². The summed E-state index contributed by atoms with van der Waals surface area (Å²) in [6.07, 6.45) is 1.49. The van der Waals surface area contributed by atoms with Gasteiger partial charge in [0.15, 0.2) is 0 Å². The smallest absolute Gasteiger partial charge is 0.228 e. The molecule has 0 unspecified atom stereocenters. The van der Waals surface area contributed by atoms with Crippen LogP contribution in [0.2, 0.25) is 0 Å². The fraction of sp³-hybridized carbons (Fsp3) is 0.333. The average molecular weight is 273 g/mol. The van der Waals surface area contributed by atoms with E-state index < -0.39 is 10.0 Å². The van der Waals surface area contributed by atoms with Gasteiger partial charge in [-0.05, 0) is 11.4 Å². The number of hydrogen-bond acceptors (Lipinski definition) is 6. The van der Waals surface area contributed by atoms with Gasteiger partial charge >= 0.3 is 0 Å². The van der Waals surface area contributed by atoms with Crippen LogP contribution in [-0.2, 0) is 16.4 Å². The highest BCUT2D eigenvalue weighted by molar-refractivity contribution is 7.88. The summed E-state index contributed by atoms with van der Waals surface area (Å²) >= 11 is 1.52. The maximum Gasteiger partial charge on any atom is 0.228 e. The monoisotopic (exact) mass is 273 g/mol. The minimum atomic E-state index is -3.17. The number of nitrogens with one attached hydrogen (secondary N) is 1. The second-order valence-corrected chi connectivity index (χ2v) is 6.19. The molecule has 0 aromatic carbocycles. The zero-order valence-electron chi connectivity index (χ0n) is 9.08. The van der Waals surface area contributed by atoms with E-state index in [1.54, 1.807) is 0 Å². The van der Waals surface area contributed by atoms with Crippen LogP contribution in [0.5, 0.6) is 0 Å². The molecule has 17 heavy (non-hydrogen) atoms. The van der Waals surface area contributed by atoms with Crippen molar-refractivity contribution in [3.05, 3.63) is 23.4 Å². The summed E-state index contributed by atoms with van der Waals surface area (Å²) in [5.41, 5.74) is 0. The highest BCUT2D eigenvalue weighted by atomic mass is 32.2. The topological polar surface area (TPSA) is 85.1 Å². The van der Waals surface area contributed by atoms with E-state index in [9.17, 15) is 8.42 Å². The molecule has 2 aromatic heterocycles. The fourth-order valence-electron chi connectivity index (χ4n) is 1.21. The summed E-state index contributed by atoms with van der Waals surface area (Å²) in [6, 6.07) is 3.80. The Labute approximate surface area is 103 Å². The van der Waals surface area contributed by atoms with Gasteiger partial charge in [-0.3, -0.25) is 0 Å². The molecule has 0 atom stereocenters. The van der Waals surface area contributed by atoms with Crippen LogP contribution < -0.4 is 4.72 Å². The Hall–Kier alpha value is -1.25. The van der Waals surface area contributed by atoms with Crippen molar-refractivity contribution in [2.75, 3.05) is 12.8 Å². The predicted octanol–water partition coefficient (Wildman–Crippen LogP) is 0.890. The molecule has 0 bridgehead atoms. The van der Waals surface area contributed by atoms with Crippen molar-refractivity contribution in [1.82, 2.24) is 14.9 Å². The van der Waals surface area contributed by atoms with Crippen molar-refractivity contribution < 1.29 is 12.9 Å². The summed E-state index contributed by atoms with van der Waals surface area (Å²) < 4.78 is 29.1. The van der Waals surface area contributed by atoms with Crippen molar-refractivity contribution >= 4 is 21.4 Å². The Morgan fingerprint density at radius 3 is 3.00 bits per heavy atom. The predicted molar refractivity (Wildman–Crippen MR) is 64.2 cm³/mol. The second kappa shape index (κ2) is 4.94. The summed E-state index contributed by atoms with van der Waals surface area (Å²) in [6.45, 7) is 0.255. The number of rotatable bonds is 5. The Bertz CT molecular complexity index is 574. The maximum absolute atomic E-state index is 10.8. The number of thiophene rings is 1. The number of aromatic nitrogens is 2. The van der Waals surface area contributed by atoms with Gasteiger partial charge in [-0.2, -0.15) is 4.98 Å². The molecule has 0 spiro atoms. The van der Waals surface area contributed by atoms with Crippen molar-refractivity contribution in [3.8, 4) is 10.7 Å². The van der Waals surface area contributed by atoms with Crippen LogP contribution in [-0.4, -0.2) is 31.4 Å². The van der Waals surface area contributed by atoms with E-state index in [2.05, 4.69) is 14.9 Å². The molecule has 8 heteroatoms. The van der Waals surface area contributed by atoms with Gasteiger partial charge in [0.05, 0.1) is 11.1 Å². The average Bonchev–Trinajstić information content (AvgIpc) is 2.83. The Morgan fingerprint density at radius 1 is 1.53 bits per heavy atom. The van der Waals surface area contributed by atoms with E-state index in [1.807, 2.05) is 17.5 Å². The van der Waals surface area contributed by atoms with Crippen molar-refractivity contribution in [3.63, 3.8) is 0 Å². The van der Waals surface area contributed by atoms with Gasteiger partial charge in [-0.25, -0.2) is 13.1 Å². The van der Waals surface area contributed by atoms with Crippen molar-refractivity contribution in [2.45, 2.75) is 6.42 Å². The van der Waals surface area contributed by atoms with Crippen LogP contribution in [0.25, 0.3) is 10.7 Å². The molecule has 2 rings (SSSR count). The third-order valence-electron chi connectivity index (χ3n) is 1.91.